The van der Waals surface area contributed by atoms with Gasteiger partial charge in [-0.05, 0) is 38.8 Å². The lowest BCUT2D eigenvalue weighted by molar-refractivity contribution is -0.121. The molecule has 6 heteroatoms. The molecule has 25 heavy (non-hydrogen) atoms. The highest BCUT2D eigenvalue weighted by molar-refractivity contribution is 5.79. The number of nitrogens with one attached hydrogen (secondary N) is 2. The zero-order valence-corrected chi connectivity index (χ0v) is 14.9. The topological polar surface area (TPSA) is 79.3 Å². The number of hydrogen-bond donors (Lipinski definition) is 2. The van der Waals surface area contributed by atoms with E-state index in [0.717, 1.165) is 28.1 Å². The van der Waals surface area contributed by atoms with E-state index in [1.807, 2.05) is 52.0 Å². The van der Waals surface area contributed by atoms with Crippen molar-refractivity contribution in [3.63, 3.8) is 0 Å². The molecular formula is C19H22N4O2. The number of fused-ring (bicyclic) bond motifs is 1. The van der Waals surface area contributed by atoms with Gasteiger partial charge in [-0.3, -0.25) is 14.7 Å². The van der Waals surface area contributed by atoms with E-state index < -0.39 is 0 Å². The third-order valence-electron chi connectivity index (χ3n) is 4.57. The maximum Gasteiger partial charge on any atom is 0.266 e. The van der Waals surface area contributed by atoms with Crippen LogP contribution in [0.4, 0.5) is 0 Å². The molecule has 0 aliphatic carbocycles. The van der Waals surface area contributed by atoms with E-state index in [9.17, 15) is 9.59 Å². The predicted octanol–water partition coefficient (Wildman–Crippen LogP) is 2.37. The fourth-order valence-corrected chi connectivity index (χ4v) is 3.21. The largest absolute Gasteiger partial charge is 0.349 e. The van der Waals surface area contributed by atoms with Crippen molar-refractivity contribution in [2.24, 2.45) is 0 Å². The molecule has 130 valence electrons. The van der Waals surface area contributed by atoms with E-state index >= 15 is 0 Å². The number of aromatic nitrogens is 3. The second-order valence-corrected chi connectivity index (χ2v) is 6.40. The minimum Gasteiger partial charge on any atom is -0.349 e. The summed E-state index contributed by atoms with van der Waals surface area (Å²) in [5.41, 5.74) is 5.03. The summed E-state index contributed by atoms with van der Waals surface area (Å²) in [5, 5.41) is 5.75. The number of carbonyl (C=O) groups is 1. The molecule has 0 fully saturated rings. The average molecular weight is 338 g/mol. The fourth-order valence-electron chi connectivity index (χ4n) is 3.21. The monoisotopic (exact) mass is 338 g/mol. The maximum atomic E-state index is 12.5. The van der Waals surface area contributed by atoms with Crippen LogP contribution in [-0.2, 0) is 11.2 Å². The first-order chi connectivity index (χ1) is 11.9. The van der Waals surface area contributed by atoms with Crippen molar-refractivity contribution < 1.29 is 4.79 Å². The van der Waals surface area contributed by atoms with Crippen molar-refractivity contribution in [1.29, 1.82) is 0 Å². The SMILES string of the molecule is Cc1ccccc1C(C)NC(=O)Cc1c(C)nc2cc(=O)[nH]n2c1C. The molecule has 1 amide bonds. The van der Waals surface area contributed by atoms with Gasteiger partial charge in [0.05, 0.1) is 12.5 Å². The zero-order chi connectivity index (χ0) is 18.1. The molecule has 0 bridgehead atoms. The predicted molar refractivity (Wildman–Crippen MR) is 96.7 cm³/mol. The van der Waals surface area contributed by atoms with Gasteiger partial charge in [0, 0.05) is 23.0 Å². The molecule has 0 saturated heterocycles. The van der Waals surface area contributed by atoms with Gasteiger partial charge in [0.15, 0.2) is 5.65 Å². The summed E-state index contributed by atoms with van der Waals surface area (Å²) >= 11 is 0. The number of rotatable bonds is 4. The summed E-state index contributed by atoms with van der Waals surface area (Å²) in [6, 6.07) is 9.39. The quantitative estimate of drug-likeness (QED) is 0.766. The molecule has 1 aromatic carbocycles. The van der Waals surface area contributed by atoms with Gasteiger partial charge in [0.2, 0.25) is 5.91 Å². The van der Waals surface area contributed by atoms with E-state index in [1.54, 1.807) is 4.52 Å². The Balaban J connectivity index is 1.82. The highest BCUT2D eigenvalue weighted by atomic mass is 16.1. The van der Waals surface area contributed by atoms with Gasteiger partial charge in [-0.2, -0.15) is 0 Å². The standard InChI is InChI=1S/C19H22N4O2/c1-11-7-5-6-8-15(11)12(2)21-18(24)9-16-13(3)20-17-10-19(25)22-23(17)14(16)4/h5-8,10,12H,9H2,1-4H3,(H,21,24)(H,22,25). The highest BCUT2D eigenvalue weighted by Gasteiger charge is 2.16. The van der Waals surface area contributed by atoms with Crippen molar-refractivity contribution in [3.8, 4) is 0 Å². The third kappa shape index (κ3) is 3.33. The van der Waals surface area contributed by atoms with Crippen molar-refractivity contribution in [2.45, 2.75) is 40.2 Å². The summed E-state index contributed by atoms with van der Waals surface area (Å²) < 4.78 is 1.63. The van der Waals surface area contributed by atoms with E-state index in [1.165, 1.54) is 6.07 Å². The number of amides is 1. The lowest BCUT2D eigenvalue weighted by atomic mass is 10.0. The van der Waals surface area contributed by atoms with Crippen LogP contribution >= 0.6 is 0 Å². The van der Waals surface area contributed by atoms with Crippen molar-refractivity contribution >= 4 is 11.6 Å². The van der Waals surface area contributed by atoms with Crippen LogP contribution < -0.4 is 10.9 Å². The van der Waals surface area contributed by atoms with Crippen LogP contribution in [0.5, 0.6) is 0 Å². The Morgan fingerprint density at radius 2 is 2.00 bits per heavy atom. The van der Waals surface area contributed by atoms with Crippen LogP contribution in [-0.4, -0.2) is 20.5 Å². The first kappa shape index (κ1) is 17.0. The Morgan fingerprint density at radius 3 is 2.72 bits per heavy atom. The number of aryl methyl sites for hydroxylation is 3. The molecule has 0 aliphatic rings. The molecule has 0 aliphatic heterocycles. The van der Waals surface area contributed by atoms with Crippen LogP contribution in [0.15, 0.2) is 35.1 Å². The van der Waals surface area contributed by atoms with Gasteiger partial charge in [0.25, 0.3) is 5.56 Å². The Labute approximate surface area is 145 Å². The molecule has 3 aromatic rings. The van der Waals surface area contributed by atoms with E-state index in [4.69, 9.17) is 0 Å². The molecule has 2 heterocycles. The number of benzene rings is 1. The van der Waals surface area contributed by atoms with Gasteiger partial charge in [0.1, 0.15) is 0 Å². The van der Waals surface area contributed by atoms with Crippen molar-refractivity contribution in [2.75, 3.05) is 0 Å². The second kappa shape index (κ2) is 6.55. The van der Waals surface area contributed by atoms with Gasteiger partial charge < -0.3 is 5.32 Å². The van der Waals surface area contributed by atoms with Gasteiger partial charge in [-0.1, -0.05) is 24.3 Å². The maximum absolute atomic E-state index is 12.5. The summed E-state index contributed by atoms with van der Waals surface area (Å²) in [4.78, 5) is 28.5. The average Bonchev–Trinajstić information content (AvgIpc) is 2.92. The van der Waals surface area contributed by atoms with Crippen molar-refractivity contribution in [1.82, 2.24) is 19.9 Å². The minimum atomic E-state index is -0.204. The van der Waals surface area contributed by atoms with Crippen LogP contribution in [0.2, 0.25) is 0 Å². The smallest absolute Gasteiger partial charge is 0.266 e. The normalized spacial score (nSPS) is 12.3. The molecular weight excluding hydrogens is 316 g/mol. The van der Waals surface area contributed by atoms with Crippen molar-refractivity contribution in [3.05, 3.63) is 68.8 Å². The first-order valence-corrected chi connectivity index (χ1v) is 8.29. The third-order valence-corrected chi connectivity index (χ3v) is 4.57. The Kier molecular flexibility index (Phi) is 4.44. The molecule has 0 saturated carbocycles. The molecule has 3 rings (SSSR count). The lowest BCUT2D eigenvalue weighted by Crippen LogP contribution is -2.29. The Bertz CT molecular complexity index is 1000. The minimum absolute atomic E-state index is 0.0717. The molecule has 2 N–H and O–H groups in total. The molecule has 6 nitrogen and oxygen atoms in total. The highest BCUT2D eigenvalue weighted by Crippen LogP contribution is 2.18. The van der Waals surface area contributed by atoms with Gasteiger partial charge in [-0.15, -0.1) is 0 Å². The summed E-state index contributed by atoms with van der Waals surface area (Å²) in [5.74, 6) is -0.0717. The number of nitrogens with zero attached hydrogens (tertiary/aromatic N) is 2. The first-order valence-electron chi connectivity index (χ1n) is 8.29. The number of hydrogen-bond acceptors (Lipinski definition) is 3. The molecule has 1 unspecified atom stereocenters. The zero-order valence-electron chi connectivity index (χ0n) is 14.9. The number of carbonyl (C=O) groups excluding carboxylic acids is 1. The van der Waals surface area contributed by atoms with Crippen LogP contribution in [0, 0.1) is 20.8 Å². The van der Waals surface area contributed by atoms with E-state index in [-0.39, 0.29) is 23.9 Å². The molecule has 0 spiro atoms. The summed E-state index contributed by atoms with van der Waals surface area (Å²) in [7, 11) is 0. The van der Waals surface area contributed by atoms with Crippen LogP contribution in [0.1, 0.15) is 41.0 Å². The van der Waals surface area contributed by atoms with Crippen LogP contribution in [0.3, 0.4) is 0 Å². The molecule has 1 atom stereocenters. The summed E-state index contributed by atoms with van der Waals surface area (Å²) in [6.45, 7) is 7.75. The summed E-state index contributed by atoms with van der Waals surface area (Å²) in [6.07, 6.45) is 0.219. The number of H-pyrrole nitrogens is 1. The number of aromatic amines is 1. The van der Waals surface area contributed by atoms with Crippen LogP contribution in [0.25, 0.3) is 5.65 Å². The van der Waals surface area contributed by atoms with Gasteiger partial charge >= 0.3 is 0 Å². The Hall–Kier alpha value is -2.89. The lowest BCUT2D eigenvalue weighted by Gasteiger charge is -2.17. The second-order valence-electron chi connectivity index (χ2n) is 6.40. The van der Waals surface area contributed by atoms with E-state index in [0.29, 0.717) is 5.65 Å². The molecule has 2 aromatic heterocycles. The fraction of sp³-hybridized carbons (Fsp3) is 0.316. The van der Waals surface area contributed by atoms with E-state index in [2.05, 4.69) is 15.4 Å². The van der Waals surface area contributed by atoms with Gasteiger partial charge in [-0.25, -0.2) is 9.50 Å². The molecule has 0 radical (unpaired) electrons. The Morgan fingerprint density at radius 1 is 1.28 bits per heavy atom.